The van der Waals surface area contributed by atoms with Crippen molar-refractivity contribution in [1.29, 1.82) is 0 Å². The summed E-state index contributed by atoms with van der Waals surface area (Å²) >= 11 is 12.6. The van der Waals surface area contributed by atoms with Gasteiger partial charge in [-0.1, -0.05) is 23.2 Å². The lowest BCUT2D eigenvalue weighted by molar-refractivity contribution is 0.0425. The van der Waals surface area contributed by atoms with E-state index < -0.39 is 47.0 Å². The molecule has 2 aromatic carbocycles. The van der Waals surface area contributed by atoms with Gasteiger partial charge < -0.3 is 29.3 Å². The van der Waals surface area contributed by atoms with Gasteiger partial charge in [0.25, 0.3) is 11.8 Å². The van der Waals surface area contributed by atoms with Crippen LogP contribution in [0.5, 0.6) is 5.75 Å². The number of hydrogen-bond acceptors (Lipinski definition) is 10. The number of benzene rings is 2. The Morgan fingerprint density at radius 2 is 1.45 bits per heavy atom. The Labute approximate surface area is 305 Å². The second kappa shape index (κ2) is 15.8. The molecule has 13 nitrogen and oxygen atoms in total. The Balaban J connectivity index is 1.70. The summed E-state index contributed by atoms with van der Waals surface area (Å²) in [6.07, 6.45) is -3.45. The molecular weight excluding hydrogens is 706 g/mol. The summed E-state index contributed by atoms with van der Waals surface area (Å²) in [5.74, 6) is -2.43. The third-order valence-corrected chi connectivity index (χ3v) is 8.02. The van der Waals surface area contributed by atoms with Crippen LogP contribution < -0.4 is 15.0 Å². The van der Waals surface area contributed by atoms with E-state index >= 15 is 0 Å². The van der Waals surface area contributed by atoms with Crippen LogP contribution in [0.15, 0.2) is 42.5 Å². The minimum atomic E-state index is -1.17. The smallest absolute Gasteiger partial charge is 0.425 e. The standard InChI is InChI=1S/C35H41Cl2FN6O7/c1-20(27-23(36)13-14-24(38)28(27)37)49-26-19-25(40-41-29(26)44(32(47)50-34(2,3)4)33(48)51-35(5,6)7)30(45)39-22-11-9-21(10-12-22)31(46)43-17-15-42(8)16-18-43/h9-14,19-20H,15-18H2,1-8H3,(H,39,45)/t20-/m1/s1. The van der Waals surface area contributed by atoms with Crippen molar-refractivity contribution in [3.05, 3.63) is 75.1 Å². The van der Waals surface area contributed by atoms with Crippen molar-refractivity contribution in [1.82, 2.24) is 20.0 Å². The molecule has 1 N–H and O–H groups in total. The number of rotatable bonds is 7. The Morgan fingerprint density at radius 1 is 0.882 bits per heavy atom. The molecule has 1 atom stereocenters. The molecule has 3 aromatic rings. The first-order valence-electron chi connectivity index (χ1n) is 16.1. The number of nitrogens with zero attached hydrogens (tertiary/aromatic N) is 5. The Bertz CT molecular complexity index is 1760. The number of piperazine rings is 1. The lowest BCUT2D eigenvalue weighted by Crippen LogP contribution is -2.47. The zero-order valence-electron chi connectivity index (χ0n) is 29.7. The van der Waals surface area contributed by atoms with Crippen molar-refractivity contribution in [3.8, 4) is 5.75 Å². The summed E-state index contributed by atoms with van der Waals surface area (Å²) in [6, 6.07) is 9.87. The number of anilines is 2. The minimum absolute atomic E-state index is 0.0550. The summed E-state index contributed by atoms with van der Waals surface area (Å²) in [6.45, 7) is 13.9. The van der Waals surface area contributed by atoms with Gasteiger partial charge in [0.15, 0.2) is 11.4 Å². The third kappa shape index (κ3) is 10.3. The van der Waals surface area contributed by atoms with E-state index in [1.54, 1.807) is 70.7 Å². The van der Waals surface area contributed by atoms with E-state index in [2.05, 4.69) is 20.4 Å². The van der Waals surface area contributed by atoms with Crippen molar-refractivity contribution < 1.29 is 37.8 Å². The van der Waals surface area contributed by atoms with Gasteiger partial charge in [-0.15, -0.1) is 10.2 Å². The number of likely N-dealkylation sites (N-methyl/N-ethyl adjacent to an activating group) is 1. The first-order chi connectivity index (χ1) is 23.7. The second-order valence-electron chi connectivity index (χ2n) is 13.9. The van der Waals surface area contributed by atoms with E-state index in [1.807, 2.05) is 7.05 Å². The Kier molecular flexibility index (Phi) is 12.2. The summed E-state index contributed by atoms with van der Waals surface area (Å²) in [5.41, 5.74) is -1.52. The highest BCUT2D eigenvalue weighted by Crippen LogP contribution is 2.38. The molecule has 0 radical (unpaired) electrons. The van der Waals surface area contributed by atoms with E-state index in [9.17, 15) is 23.6 Å². The molecule has 0 unspecified atom stereocenters. The van der Waals surface area contributed by atoms with Crippen molar-refractivity contribution >= 4 is 58.7 Å². The van der Waals surface area contributed by atoms with Crippen LogP contribution in [-0.2, 0) is 9.47 Å². The van der Waals surface area contributed by atoms with Crippen LogP contribution in [0.4, 0.5) is 25.5 Å². The van der Waals surface area contributed by atoms with Crippen LogP contribution >= 0.6 is 23.2 Å². The van der Waals surface area contributed by atoms with Gasteiger partial charge in [-0.05, 0) is 91.9 Å². The van der Waals surface area contributed by atoms with Crippen LogP contribution in [0, 0.1) is 5.82 Å². The lowest BCUT2D eigenvalue weighted by atomic mass is 10.1. The predicted octanol–water partition coefficient (Wildman–Crippen LogP) is 7.38. The fraction of sp³-hybridized carbons (Fsp3) is 0.429. The quantitative estimate of drug-likeness (QED) is 0.243. The van der Waals surface area contributed by atoms with Crippen LogP contribution in [-0.4, -0.2) is 88.4 Å². The number of nitrogens with one attached hydrogen (secondary N) is 1. The van der Waals surface area contributed by atoms with Crippen molar-refractivity contribution in [2.75, 3.05) is 43.4 Å². The van der Waals surface area contributed by atoms with Gasteiger partial charge >= 0.3 is 12.2 Å². The van der Waals surface area contributed by atoms with Crippen molar-refractivity contribution in [2.45, 2.75) is 65.8 Å². The number of ether oxygens (including phenoxy) is 3. The number of imide groups is 1. The molecule has 0 spiro atoms. The topological polar surface area (TPSA) is 144 Å². The molecule has 1 fully saturated rings. The first kappa shape index (κ1) is 39.3. The average molecular weight is 748 g/mol. The lowest BCUT2D eigenvalue weighted by Gasteiger charge is -2.32. The van der Waals surface area contributed by atoms with Gasteiger partial charge in [0.2, 0.25) is 5.82 Å². The van der Waals surface area contributed by atoms with Crippen LogP contribution in [0.25, 0.3) is 0 Å². The van der Waals surface area contributed by atoms with Gasteiger partial charge in [0.1, 0.15) is 23.1 Å². The molecule has 274 valence electrons. The second-order valence-corrected chi connectivity index (χ2v) is 14.6. The summed E-state index contributed by atoms with van der Waals surface area (Å²) in [4.78, 5) is 57.8. The largest absolute Gasteiger partial charge is 0.482 e. The molecule has 2 heterocycles. The highest BCUT2D eigenvalue weighted by molar-refractivity contribution is 6.36. The van der Waals surface area contributed by atoms with E-state index in [0.29, 0.717) is 29.2 Å². The molecular formula is C35H41Cl2FN6O7. The SMILES string of the molecule is C[C@@H](Oc1cc(C(=O)Nc2ccc(C(=O)N3CCN(C)CC3)cc2)nnc1N(C(=O)OC(C)(C)C)C(=O)OC(C)(C)C)c1c(Cl)ccc(F)c1Cl. The fourth-order valence-corrected chi connectivity index (χ4v) is 5.51. The average Bonchev–Trinajstić information content (AvgIpc) is 3.02. The summed E-state index contributed by atoms with van der Waals surface area (Å²) in [5, 5.41) is 10.5. The van der Waals surface area contributed by atoms with Crippen molar-refractivity contribution in [3.63, 3.8) is 0 Å². The predicted molar refractivity (Wildman–Crippen MR) is 190 cm³/mol. The number of hydrogen-bond donors (Lipinski definition) is 1. The zero-order chi connectivity index (χ0) is 37.8. The maximum absolute atomic E-state index is 14.5. The summed E-state index contributed by atoms with van der Waals surface area (Å²) < 4.78 is 31.5. The normalized spacial score (nSPS) is 14.4. The van der Waals surface area contributed by atoms with Gasteiger partial charge in [0.05, 0.1) is 5.02 Å². The maximum Gasteiger partial charge on any atom is 0.425 e. The van der Waals surface area contributed by atoms with Gasteiger partial charge in [-0.25, -0.2) is 14.0 Å². The Morgan fingerprint density at radius 3 is 2.00 bits per heavy atom. The fourth-order valence-electron chi connectivity index (χ4n) is 4.83. The van der Waals surface area contributed by atoms with Crippen LogP contribution in [0.1, 0.15) is 81.0 Å². The highest BCUT2D eigenvalue weighted by atomic mass is 35.5. The molecule has 4 amide bonds. The van der Waals surface area contributed by atoms with E-state index in [-0.39, 0.29) is 33.0 Å². The highest BCUT2D eigenvalue weighted by Gasteiger charge is 2.37. The number of amides is 4. The van der Waals surface area contributed by atoms with Crippen LogP contribution in [0.3, 0.4) is 0 Å². The molecule has 1 saturated heterocycles. The first-order valence-corrected chi connectivity index (χ1v) is 16.8. The number of carbonyl (C=O) groups is 4. The molecule has 16 heteroatoms. The molecule has 51 heavy (non-hydrogen) atoms. The van der Waals surface area contributed by atoms with Crippen molar-refractivity contribution in [2.24, 2.45) is 0 Å². The number of halogens is 3. The number of carbonyl (C=O) groups excluding carboxylic acids is 4. The van der Waals surface area contributed by atoms with E-state index in [1.165, 1.54) is 13.0 Å². The molecule has 4 rings (SSSR count). The molecule has 0 aliphatic carbocycles. The minimum Gasteiger partial charge on any atom is -0.482 e. The summed E-state index contributed by atoms with van der Waals surface area (Å²) in [7, 11) is 2.00. The van der Waals surface area contributed by atoms with Crippen LogP contribution in [0.2, 0.25) is 10.0 Å². The zero-order valence-corrected chi connectivity index (χ0v) is 31.2. The molecule has 1 aromatic heterocycles. The van der Waals surface area contributed by atoms with E-state index in [0.717, 1.165) is 25.2 Å². The third-order valence-electron chi connectivity index (χ3n) is 7.31. The Hall–Kier alpha value is -4.53. The molecule has 0 bridgehead atoms. The van der Waals surface area contributed by atoms with E-state index in [4.69, 9.17) is 37.4 Å². The van der Waals surface area contributed by atoms with Gasteiger partial charge in [-0.2, -0.15) is 4.90 Å². The van der Waals surface area contributed by atoms with Gasteiger partial charge in [-0.3, -0.25) is 9.59 Å². The van der Waals surface area contributed by atoms with Gasteiger partial charge in [0, 0.05) is 54.1 Å². The molecule has 1 aliphatic heterocycles. The maximum atomic E-state index is 14.5. The number of aromatic nitrogens is 2. The molecule has 0 saturated carbocycles. The molecule has 1 aliphatic rings. The monoisotopic (exact) mass is 746 g/mol.